The van der Waals surface area contributed by atoms with Crippen LogP contribution in [0.3, 0.4) is 0 Å². The first-order chi connectivity index (χ1) is 22.0. The molecule has 1 aliphatic heterocycles. The molecule has 0 saturated carbocycles. The summed E-state index contributed by atoms with van der Waals surface area (Å²) in [6, 6.07) is 10.3. The predicted molar refractivity (Wildman–Crippen MR) is 166 cm³/mol. The third kappa shape index (κ3) is 6.19. The van der Waals surface area contributed by atoms with Crippen molar-refractivity contribution in [3.05, 3.63) is 88.5 Å². The first-order valence-corrected chi connectivity index (χ1v) is 16.4. The molecule has 0 bridgehead atoms. The maximum Gasteiger partial charge on any atom is 0.416 e. The molecule has 1 atom stereocenters. The first-order valence-electron chi connectivity index (χ1n) is 14.5. The molecule has 48 heavy (non-hydrogen) atoms. The standard InChI is InChI=1S/C35H30F9O3P/c1-18-10-20(12-22(11-18)33(36,37)38)26-16-27(21-13-23(34(39,40)41)15-24(14-21)35(42,43)44)30(46-6)29(19(26)2)25-8-7-9-28-31(25)48(45,17-47-28)32(3,4)5/h7-16H,17H2,1-6H3/t48-/m0/s1. The van der Waals surface area contributed by atoms with E-state index in [2.05, 4.69) is 0 Å². The van der Waals surface area contributed by atoms with Crippen molar-refractivity contribution in [2.75, 3.05) is 13.5 Å². The molecule has 13 heteroatoms. The first kappa shape index (κ1) is 35.4. The van der Waals surface area contributed by atoms with Crippen molar-refractivity contribution in [3.63, 3.8) is 0 Å². The molecule has 0 saturated heterocycles. The van der Waals surface area contributed by atoms with Gasteiger partial charge in [0.05, 0.1) is 29.1 Å². The summed E-state index contributed by atoms with van der Waals surface area (Å²) in [7, 11) is -2.22. The summed E-state index contributed by atoms with van der Waals surface area (Å²) < 4.78 is 152. The number of benzene rings is 4. The predicted octanol–water partition coefficient (Wildman–Crippen LogP) is 11.5. The molecule has 0 amide bonds. The number of hydrogen-bond donors (Lipinski definition) is 0. The van der Waals surface area contributed by atoms with Gasteiger partial charge in [-0.2, -0.15) is 39.5 Å². The minimum absolute atomic E-state index is 0.0100. The number of aryl methyl sites for hydroxylation is 1. The Hall–Kier alpha value is -3.92. The molecular formula is C35H30F9O3P. The van der Waals surface area contributed by atoms with E-state index in [1.54, 1.807) is 45.9 Å². The summed E-state index contributed by atoms with van der Waals surface area (Å²) >= 11 is 0. The molecule has 0 N–H and O–H groups in total. The molecule has 256 valence electrons. The molecule has 0 aromatic heterocycles. The molecule has 5 rings (SSSR count). The van der Waals surface area contributed by atoms with E-state index in [1.807, 2.05) is 0 Å². The van der Waals surface area contributed by atoms with Crippen LogP contribution in [0.5, 0.6) is 11.5 Å². The van der Waals surface area contributed by atoms with Gasteiger partial charge in [-0.3, -0.25) is 0 Å². The van der Waals surface area contributed by atoms with Crippen LogP contribution in [0.4, 0.5) is 39.5 Å². The lowest BCUT2D eigenvalue weighted by molar-refractivity contribution is -0.143. The lowest BCUT2D eigenvalue weighted by Gasteiger charge is -2.29. The van der Waals surface area contributed by atoms with E-state index in [-0.39, 0.29) is 62.9 Å². The van der Waals surface area contributed by atoms with Crippen LogP contribution in [-0.4, -0.2) is 18.6 Å². The van der Waals surface area contributed by atoms with Gasteiger partial charge < -0.3 is 14.0 Å². The third-order valence-corrected chi connectivity index (χ3v) is 12.3. The SMILES string of the molecule is COc1c(-c2cc(C(F)(F)F)cc(C(F)(F)F)c2)cc(-c2cc(C)cc(C(F)(F)F)c2)c(C)c1-c1cccc2c1[P@](=O)(C(C)(C)C)CO2. The van der Waals surface area contributed by atoms with E-state index in [9.17, 15) is 44.1 Å². The highest BCUT2D eigenvalue weighted by Gasteiger charge is 2.47. The Labute approximate surface area is 271 Å². The number of ether oxygens (including phenoxy) is 2. The summed E-state index contributed by atoms with van der Waals surface area (Å²) in [6.45, 7) is 8.24. The molecule has 0 unspecified atom stereocenters. The summed E-state index contributed by atoms with van der Waals surface area (Å²) in [5.41, 5.74) is -3.95. The molecule has 0 aliphatic carbocycles. The Kier molecular flexibility index (Phi) is 8.56. The average Bonchev–Trinajstić information content (AvgIpc) is 3.33. The van der Waals surface area contributed by atoms with E-state index in [0.29, 0.717) is 17.4 Å². The Bertz CT molecular complexity index is 1930. The Morgan fingerprint density at radius 3 is 1.71 bits per heavy atom. The Morgan fingerprint density at radius 2 is 1.21 bits per heavy atom. The molecule has 4 aromatic rings. The Morgan fingerprint density at radius 1 is 0.688 bits per heavy atom. The lowest BCUT2D eigenvalue weighted by atomic mass is 9.85. The second-order valence-corrected chi connectivity index (χ2v) is 16.2. The fourth-order valence-corrected chi connectivity index (χ4v) is 8.57. The molecule has 4 aromatic carbocycles. The fourth-order valence-electron chi connectivity index (χ4n) is 5.99. The monoisotopic (exact) mass is 700 g/mol. The molecule has 0 fully saturated rings. The molecule has 1 heterocycles. The number of alkyl halides is 9. The minimum Gasteiger partial charge on any atom is -0.495 e. The van der Waals surface area contributed by atoms with E-state index in [4.69, 9.17) is 9.47 Å². The zero-order valence-corrected chi connectivity index (χ0v) is 27.4. The van der Waals surface area contributed by atoms with Gasteiger partial charge in [-0.15, -0.1) is 0 Å². The second-order valence-electron chi connectivity index (χ2n) is 12.7. The summed E-state index contributed by atoms with van der Waals surface area (Å²) in [5.74, 6) is 0.112. The van der Waals surface area contributed by atoms with Crippen LogP contribution >= 0.6 is 7.14 Å². The van der Waals surface area contributed by atoms with Gasteiger partial charge in [0, 0.05) is 21.8 Å². The summed E-state index contributed by atoms with van der Waals surface area (Å²) in [5, 5.41) is -0.543. The van der Waals surface area contributed by atoms with Crippen molar-refractivity contribution in [1.29, 1.82) is 0 Å². The van der Waals surface area contributed by atoms with Crippen molar-refractivity contribution in [3.8, 4) is 44.9 Å². The Balaban J connectivity index is 1.98. The van der Waals surface area contributed by atoms with Crippen molar-refractivity contribution in [2.45, 2.75) is 58.3 Å². The summed E-state index contributed by atoms with van der Waals surface area (Å²) in [4.78, 5) is 0. The normalized spacial score (nSPS) is 16.9. The van der Waals surface area contributed by atoms with Gasteiger partial charge in [-0.1, -0.05) is 39.0 Å². The average molecular weight is 701 g/mol. The van der Waals surface area contributed by atoms with Gasteiger partial charge in [-0.25, -0.2) is 0 Å². The number of fused-ring (bicyclic) bond motifs is 1. The van der Waals surface area contributed by atoms with Gasteiger partial charge in [0.25, 0.3) is 0 Å². The molecule has 0 radical (unpaired) electrons. The highest BCUT2D eigenvalue weighted by molar-refractivity contribution is 7.73. The van der Waals surface area contributed by atoms with Gasteiger partial charge >= 0.3 is 18.5 Å². The topological polar surface area (TPSA) is 35.5 Å². The molecular weight excluding hydrogens is 670 g/mol. The highest BCUT2D eigenvalue weighted by Crippen LogP contribution is 2.63. The van der Waals surface area contributed by atoms with E-state index < -0.39 is 53.1 Å². The van der Waals surface area contributed by atoms with Crippen molar-refractivity contribution >= 4 is 12.4 Å². The summed E-state index contributed by atoms with van der Waals surface area (Å²) in [6.07, 6.45) is -15.3. The zero-order valence-electron chi connectivity index (χ0n) is 26.6. The zero-order chi connectivity index (χ0) is 35.8. The maximum absolute atomic E-state index is 14.6. The van der Waals surface area contributed by atoms with Crippen LogP contribution in [0.25, 0.3) is 33.4 Å². The number of methoxy groups -OCH3 is 1. The van der Waals surface area contributed by atoms with Crippen LogP contribution in [-0.2, 0) is 23.1 Å². The van der Waals surface area contributed by atoms with E-state index in [0.717, 1.165) is 12.1 Å². The molecule has 1 aliphatic rings. The van der Waals surface area contributed by atoms with Crippen LogP contribution in [0.15, 0.2) is 60.7 Å². The maximum atomic E-state index is 14.6. The number of rotatable bonds is 4. The van der Waals surface area contributed by atoms with Crippen molar-refractivity contribution in [1.82, 2.24) is 0 Å². The largest absolute Gasteiger partial charge is 0.495 e. The van der Waals surface area contributed by atoms with Gasteiger partial charge in [0.15, 0.2) is 7.14 Å². The van der Waals surface area contributed by atoms with Crippen LogP contribution in [0.2, 0.25) is 0 Å². The number of halogens is 9. The fraction of sp³-hybridized carbons (Fsp3) is 0.314. The smallest absolute Gasteiger partial charge is 0.416 e. The second kappa shape index (κ2) is 11.6. The number of hydrogen-bond acceptors (Lipinski definition) is 3. The third-order valence-electron chi connectivity index (χ3n) is 8.47. The minimum atomic E-state index is -5.17. The van der Waals surface area contributed by atoms with Gasteiger partial charge in [0.1, 0.15) is 17.8 Å². The lowest BCUT2D eigenvalue weighted by Crippen LogP contribution is -2.23. The van der Waals surface area contributed by atoms with Crippen molar-refractivity contribution < 1.29 is 53.6 Å². The highest BCUT2D eigenvalue weighted by atomic mass is 31.2. The molecule has 0 spiro atoms. The van der Waals surface area contributed by atoms with Gasteiger partial charge in [0.2, 0.25) is 0 Å². The van der Waals surface area contributed by atoms with Crippen LogP contribution < -0.4 is 14.8 Å². The molecule has 3 nitrogen and oxygen atoms in total. The van der Waals surface area contributed by atoms with Crippen molar-refractivity contribution in [2.24, 2.45) is 0 Å². The van der Waals surface area contributed by atoms with E-state index in [1.165, 1.54) is 26.2 Å². The quantitative estimate of drug-likeness (QED) is 0.157. The van der Waals surface area contributed by atoms with E-state index >= 15 is 0 Å². The van der Waals surface area contributed by atoms with Gasteiger partial charge in [-0.05, 0) is 84.1 Å². The van der Waals surface area contributed by atoms with Crippen LogP contribution in [0.1, 0.15) is 48.6 Å². The van der Waals surface area contributed by atoms with Crippen LogP contribution in [0, 0.1) is 13.8 Å².